The van der Waals surface area contributed by atoms with Crippen molar-refractivity contribution in [3.8, 4) is 0 Å². The summed E-state index contributed by atoms with van der Waals surface area (Å²) in [5.41, 5.74) is 5.30. The van der Waals surface area contributed by atoms with Crippen LogP contribution >= 0.6 is 11.3 Å². The van der Waals surface area contributed by atoms with Crippen LogP contribution in [-0.4, -0.2) is 24.0 Å². The Kier molecular flexibility index (Phi) is 5.08. The van der Waals surface area contributed by atoms with Crippen LogP contribution in [0.2, 0.25) is 0 Å². The van der Waals surface area contributed by atoms with Gasteiger partial charge in [-0.1, -0.05) is 12.1 Å². The molecule has 1 aromatic carbocycles. The van der Waals surface area contributed by atoms with Gasteiger partial charge in [0.2, 0.25) is 5.91 Å². The van der Waals surface area contributed by atoms with Crippen LogP contribution in [0.15, 0.2) is 29.8 Å². The maximum Gasteiger partial charge on any atom is 0.227 e. The Labute approximate surface area is 141 Å². The lowest BCUT2D eigenvalue weighted by Crippen LogP contribution is -2.25. The fourth-order valence-electron chi connectivity index (χ4n) is 2.97. The molecule has 1 N–H and O–H groups in total. The second kappa shape index (κ2) is 7.23. The van der Waals surface area contributed by atoms with Crippen LogP contribution in [-0.2, 0) is 11.2 Å². The number of thiazole rings is 1. The molecule has 0 radical (unpaired) electrons. The summed E-state index contributed by atoms with van der Waals surface area (Å²) >= 11 is 1.72. The van der Waals surface area contributed by atoms with Gasteiger partial charge in [-0.15, -0.1) is 11.3 Å². The van der Waals surface area contributed by atoms with E-state index in [0.29, 0.717) is 6.42 Å². The third-order valence-corrected chi connectivity index (χ3v) is 5.40. The van der Waals surface area contributed by atoms with E-state index in [9.17, 15) is 4.79 Å². The van der Waals surface area contributed by atoms with Crippen LogP contribution < -0.4 is 10.2 Å². The molecular weight excluding hydrogens is 306 g/mol. The topological polar surface area (TPSA) is 45.2 Å². The van der Waals surface area contributed by atoms with Crippen molar-refractivity contribution in [2.24, 2.45) is 0 Å². The van der Waals surface area contributed by atoms with Crippen molar-refractivity contribution in [3.05, 3.63) is 45.9 Å². The van der Waals surface area contributed by atoms with Crippen molar-refractivity contribution < 1.29 is 4.79 Å². The molecule has 0 aliphatic carbocycles. The summed E-state index contributed by atoms with van der Waals surface area (Å²) in [7, 11) is 0. The van der Waals surface area contributed by atoms with E-state index in [1.54, 1.807) is 11.3 Å². The number of nitrogens with one attached hydrogen (secondary N) is 1. The number of carbonyl (C=O) groups is 1. The Bertz CT molecular complexity index is 682. The van der Waals surface area contributed by atoms with Gasteiger partial charge in [0.05, 0.1) is 11.2 Å². The standard InChI is InChI=1S/C18H23N3OS/c1-13(19-9-8-17-14(2)20-12-23-17)15-5-3-6-16(11-15)21-10-4-7-18(21)22/h3,5-6,11-13,19H,4,7-10H2,1-2H3/t13-/m1/s1. The number of rotatable bonds is 6. The molecule has 0 bridgehead atoms. The third-order valence-electron chi connectivity index (χ3n) is 4.40. The van der Waals surface area contributed by atoms with Crippen molar-refractivity contribution in [2.75, 3.05) is 18.0 Å². The van der Waals surface area contributed by atoms with Gasteiger partial charge in [0.1, 0.15) is 0 Å². The molecule has 1 amide bonds. The molecule has 1 fully saturated rings. The van der Waals surface area contributed by atoms with Gasteiger partial charge in [0.25, 0.3) is 0 Å². The highest BCUT2D eigenvalue weighted by atomic mass is 32.1. The van der Waals surface area contributed by atoms with E-state index in [-0.39, 0.29) is 11.9 Å². The van der Waals surface area contributed by atoms with Crippen LogP contribution in [0.4, 0.5) is 5.69 Å². The van der Waals surface area contributed by atoms with Crippen molar-refractivity contribution >= 4 is 22.9 Å². The molecule has 1 atom stereocenters. The van der Waals surface area contributed by atoms with E-state index in [2.05, 4.69) is 36.3 Å². The largest absolute Gasteiger partial charge is 0.312 e. The number of aromatic nitrogens is 1. The monoisotopic (exact) mass is 329 g/mol. The lowest BCUT2D eigenvalue weighted by atomic mass is 10.1. The normalized spacial score (nSPS) is 16.1. The predicted octanol–water partition coefficient (Wildman–Crippen LogP) is 3.47. The smallest absolute Gasteiger partial charge is 0.227 e. The Balaban J connectivity index is 1.60. The number of benzene rings is 1. The van der Waals surface area contributed by atoms with Crippen molar-refractivity contribution in [1.29, 1.82) is 0 Å². The lowest BCUT2D eigenvalue weighted by molar-refractivity contribution is -0.117. The second-order valence-corrected chi connectivity index (χ2v) is 6.97. The molecule has 0 spiro atoms. The highest BCUT2D eigenvalue weighted by molar-refractivity contribution is 7.09. The van der Waals surface area contributed by atoms with Crippen LogP contribution in [0.1, 0.15) is 41.9 Å². The fourth-order valence-corrected chi connectivity index (χ4v) is 3.75. The molecule has 1 aliphatic heterocycles. The first-order valence-electron chi connectivity index (χ1n) is 8.18. The van der Waals surface area contributed by atoms with Gasteiger partial charge in [-0.3, -0.25) is 4.79 Å². The first kappa shape index (κ1) is 16.1. The van der Waals surface area contributed by atoms with E-state index in [0.717, 1.165) is 37.3 Å². The zero-order chi connectivity index (χ0) is 16.2. The van der Waals surface area contributed by atoms with E-state index in [1.807, 2.05) is 22.5 Å². The van der Waals surface area contributed by atoms with Crippen molar-refractivity contribution in [3.63, 3.8) is 0 Å². The molecule has 2 heterocycles. The van der Waals surface area contributed by atoms with Gasteiger partial charge in [-0.05, 0) is 44.4 Å². The SMILES string of the molecule is Cc1ncsc1CCN[C@H](C)c1cccc(N2CCCC2=O)c1. The second-order valence-electron chi connectivity index (χ2n) is 6.03. The molecule has 23 heavy (non-hydrogen) atoms. The Morgan fingerprint density at radius 1 is 1.43 bits per heavy atom. The van der Waals surface area contributed by atoms with Gasteiger partial charge in [-0.2, -0.15) is 0 Å². The molecule has 1 aliphatic rings. The molecular formula is C18H23N3OS. The molecule has 122 valence electrons. The average Bonchev–Trinajstić information content (AvgIpc) is 3.16. The van der Waals surface area contributed by atoms with Crippen LogP contribution in [0.5, 0.6) is 0 Å². The molecule has 0 unspecified atom stereocenters. The van der Waals surface area contributed by atoms with Crippen LogP contribution in [0.25, 0.3) is 0 Å². The summed E-state index contributed by atoms with van der Waals surface area (Å²) in [5.74, 6) is 0.239. The Hall–Kier alpha value is -1.72. The van der Waals surface area contributed by atoms with Crippen LogP contribution in [0.3, 0.4) is 0 Å². The maximum absolute atomic E-state index is 11.9. The zero-order valence-electron chi connectivity index (χ0n) is 13.7. The number of hydrogen-bond donors (Lipinski definition) is 1. The summed E-state index contributed by atoms with van der Waals surface area (Å²) in [6.45, 7) is 6.00. The van der Waals surface area contributed by atoms with Gasteiger partial charge >= 0.3 is 0 Å². The zero-order valence-corrected chi connectivity index (χ0v) is 14.5. The summed E-state index contributed by atoms with van der Waals surface area (Å²) in [6.07, 6.45) is 2.64. The first-order valence-corrected chi connectivity index (χ1v) is 9.06. The predicted molar refractivity (Wildman–Crippen MR) is 95.0 cm³/mol. The van der Waals surface area contributed by atoms with Gasteiger partial charge in [-0.25, -0.2) is 4.98 Å². The Morgan fingerprint density at radius 3 is 3.00 bits per heavy atom. The van der Waals surface area contributed by atoms with Crippen molar-refractivity contribution in [2.45, 2.75) is 39.2 Å². The highest BCUT2D eigenvalue weighted by Gasteiger charge is 2.22. The summed E-state index contributed by atoms with van der Waals surface area (Å²) in [4.78, 5) is 19.4. The number of hydrogen-bond acceptors (Lipinski definition) is 4. The lowest BCUT2D eigenvalue weighted by Gasteiger charge is -2.19. The number of anilines is 1. The minimum Gasteiger partial charge on any atom is -0.312 e. The fraction of sp³-hybridized carbons (Fsp3) is 0.444. The summed E-state index contributed by atoms with van der Waals surface area (Å²) in [6, 6.07) is 8.60. The summed E-state index contributed by atoms with van der Waals surface area (Å²) in [5, 5.41) is 3.57. The quantitative estimate of drug-likeness (QED) is 0.882. The van der Waals surface area contributed by atoms with Gasteiger partial charge < -0.3 is 10.2 Å². The van der Waals surface area contributed by atoms with Gasteiger partial charge in [0, 0.05) is 36.1 Å². The average molecular weight is 329 g/mol. The highest BCUT2D eigenvalue weighted by Crippen LogP contribution is 2.24. The molecule has 4 nitrogen and oxygen atoms in total. The number of nitrogens with zero attached hydrogens (tertiary/aromatic N) is 2. The molecule has 2 aromatic rings. The maximum atomic E-state index is 11.9. The summed E-state index contributed by atoms with van der Waals surface area (Å²) < 4.78 is 0. The molecule has 5 heteroatoms. The first-order chi connectivity index (χ1) is 11.1. The minimum absolute atomic E-state index is 0.239. The molecule has 1 aromatic heterocycles. The molecule has 3 rings (SSSR count). The Morgan fingerprint density at radius 2 is 2.30 bits per heavy atom. The van der Waals surface area contributed by atoms with E-state index in [4.69, 9.17) is 0 Å². The molecule has 1 saturated heterocycles. The van der Waals surface area contributed by atoms with E-state index in [1.165, 1.54) is 10.4 Å². The number of amides is 1. The van der Waals surface area contributed by atoms with Gasteiger partial charge in [0.15, 0.2) is 0 Å². The third kappa shape index (κ3) is 3.79. The van der Waals surface area contributed by atoms with E-state index < -0.39 is 0 Å². The molecule has 0 saturated carbocycles. The van der Waals surface area contributed by atoms with Crippen LogP contribution in [0, 0.1) is 6.92 Å². The number of aryl methyl sites for hydroxylation is 1. The minimum atomic E-state index is 0.239. The van der Waals surface area contributed by atoms with E-state index >= 15 is 0 Å². The number of carbonyl (C=O) groups excluding carboxylic acids is 1. The van der Waals surface area contributed by atoms with Crippen molar-refractivity contribution in [1.82, 2.24) is 10.3 Å².